The van der Waals surface area contributed by atoms with Gasteiger partial charge >= 0.3 is 5.97 Å². The fourth-order valence-corrected chi connectivity index (χ4v) is 2.59. The van der Waals surface area contributed by atoms with Gasteiger partial charge in [-0.1, -0.05) is 15.9 Å². The average molecular weight is 344 g/mol. The van der Waals surface area contributed by atoms with E-state index in [0.717, 1.165) is 0 Å². The number of halogens is 1. The van der Waals surface area contributed by atoms with E-state index in [1.54, 1.807) is 6.07 Å². The molecule has 0 aliphatic carbocycles. The van der Waals surface area contributed by atoms with E-state index >= 15 is 0 Å². The van der Waals surface area contributed by atoms with Crippen molar-refractivity contribution in [2.45, 2.75) is 18.6 Å². The molecule has 1 aliphatic heterocycles. The van der Waals surface area contributed by atoms with Crippen molar-refractivity contribution < 1.29 is 24.5 Å². The van der Waals surface area contributed by atoms with Crippen LogP contribution >= 0.6 is 15.9 Å². The zero-order valence-electron chi connectivity index (χ0n) is 10.7. The monoisotopic (exact) mass is 343 g/mol. The average Bonchev–Trinajstić information content (AvgIpc) is 2.82. The summed E-state index contributed by atoms with van der Waals surface area (Å²) in [4.78, 5) is 25.3. The van der Waals surface area contributed by atoms with Crippen LogP contribution < -0.4 is 0 Å². The number of esters is 1. The second-order valence-electron chi connectivity index (χ2n) is 4.55. The number of amides is 1. The number of carbonyl (C=O) groups excluding carboxylic acids is 2. The highest BCUT2D eigenvalue weighted by Gasteiger charge is 2.40. The highest BCUT2D eigenvalue weighted by molar-refractivity contribution is 9.10. The third-order valence-corrected chi connectivity index (χ3v) is 3.70. The van der Waals surface area contributed by atoms with Gasteiger partial charge in [-0.2, -0.15) is 0 Å². The maximum atomic E-state index is 12.4. The number of phenolic OH excluding ortho intramolecular Hbond substituents is 1. The van der Waals surface area contributed by atoms with E-state index < -0.39 is 24.0 Å². The molecule has 6 nitrogen and oxygen atoms in total. The van der Waals surface area contributed by atoms with Crippen molar-refractivity contribution in [1.29, 1.82) is 0 Å². The molecule has 1 saturated heterocycles. The predicted molar refractivity (Wildman–Crippen MR) is 73.3 cm³/mol. The quantitative estimate of drug-likeness (QED) is 0.779. The van der Waals surface area contributed by atoms with E-state index in [1.807, 2.05) is 0 Å². The standard InChI is InChI=1S/C13H14BrNO5/c1-20-13(19)10-5-8(16)6-15(10)12(18)9-4-7(14)2-3-11(9)17/h2-4,8,10,16-17H,5-6H2,1H3. The molecule has 1 heterocycles. The van der Waals surface area contributed by atoms with Gasteiger partial charge in [0, 0.05) is 17.4 Å². The second kappa shape index (κ2) is 5.80. The molecular formula is C13H14BrNO5. The van der Waals surface area contributed by atoms with Crippen LogP contribution in [-0.2, 0) is 9.53 Å². The van der Waals surface area contributed by atoms with Gasteiger partial charge in [0.15, 0.2) is 0 Å². The molecule has 0 saturated carbocycles. The Kier molecular flexibility index (Phi) is 4.29. The minimum absolute atomic E-state index is 0.0323. The van der Waals surface area contributed by atoms with Crippen LogP contribution in [0.1, 0.15) is 16.8 Å². The van der Waals surface area contributed by atoms with Gasteiger partial charge in [-0.05, 0) is 18.2 Å². The molecule has 0 bridgehead atoms. The van der Waals surface area contributed by atoms with Crippen molar-refractivity contribution in [2.24, 2.45) is 0 Å². The van der Waals surface area contributed by atoms with E-state index in [4.69, 9.17) is 0 Å². The van der Waals surface area contributed by atoms with Crippen molar-refractivity contribution in [2.75, 3.05) is 13.7 Å². The molecule has 2 atom stereocenters. The summed E-state index contributed by atoms with van der Waals surface area (Å²) in [6.45, 7) is 0.0323. The summed E-state index contributed by atoms with van der Waals surface area (Å²) in [5.41, 5.74) is 0.0716. The smallest absolute Gasteiger partial charge is 0.328 e. The molecule has 20 heavy (non-hydrogen) atoms. The number of hydrogen-bond donors (Lipinski definition) is 2. The van der Waals surface area contributed by atoms with Gasteiger partial charge in [-0.3, -0.25) is 4.79 Å². The number of aromatic hydroxyl groups is 1. The summed E-state index contributed by atoms with van der Waals surface area (Å²) < 4.78 is 5.27. The molecule has 1 amide bonds. The maximum Gasteiger partial charge on any atom is 0.328 e. The molecule has 1 aliphatic rings. The molecule has 2 rings (SSSR count). The maximum absolute atomic E-state index is 12.4. The van der Waals surface area contributed by atoms with Crippen LogP contribution in [0.3, 0.4) is 0 Å². The predicted octanol–water partition coefficient (Wildman–Crippen LogP) is 0.903. The highest BCUT2D eigenvalue weighted by atomic mass is 79.9. The second-order valence-corrected chi connectivity index (χ2v) is 5.46. The number of rotatable bonds is 2. The van der Waals surface area contributed by atoms with Crippen LogP contribution in [-0.4, -0.2) is 52.8 Å². The number of likely N-dealkylation sites (tertiary alicyclic amines) is 1. The van der Waals surface area contributed by atoms with Gasteiger partial charge in [0.1, 0.15) is 11.8 Å². The third kappa shape index (κ3) is 2.78. The number of aliphatic hydroxyl groups is 1. The summed E-state index contributed by atoms with van der Waals surface area (Å²) >= 11 is 3.22. The molecule has 1 aromatic rings. The Bertz CT molecular complexity index is 548. The SMILES string of the molecule is COC(=O)C1CC(O)CN1C(=O)c1cc(Br)ccc1O. The number of phenols is 1. The molecule has 7 heteroatoms. The lowest BCUT2D eigenvalue weighted by molar-refractivity contribution is -0.145. The number of hydrogen-bond acceptors (Lipinski definition) is 5. The summed E-state index contributed by atoms with van der Waals surface area (Å²) in [5, 5.41) is 19.4. The van der Waals surface area contributed by atoms with Crippen molar-refractivity contribution in [1.82, 2.24) is 4.90 Å². The number of methoxy groups -OCH3 is 1. The van der Waals surface area contributed by atoms with Crippen LogP contribution in [0, 0.1) is 0 Å². The summed E-state index contributed by atoms with van der Waals surface area (Å²) in [7, 11) is 1.23. The highest BCUT2D eigenvalue weighted by Crippen LogP contribution is 2.27. The summed E-state index contributed by atoms with van der Waals surface area (Å²) in [6.07, 6.45) is -0.648. The minimum atomic E-state index is -0.833. The Morgan fingerprint density at radius 3 is 2.80 bits per heavy atom. The third-order valence-electron chi connectivity index (χ3n) is 3.20. The van der Waals surface area contributed by atoms with Gasteiger partial charge in [0.05, 0.1) is 18.8 Å². The van der Waals surface area contributed by atoms with Crippen molar-refractivity contribution >= 4 is 27.8 Å². The van der Waals surface area contributed by atoms with Gasteiger partial charge < -0.3 is 19.8 Å². The number of nitrogens with zero attached hydrogens (tertiary/aromatic N) is 1. The number of carbonyl (C=O) groups is 2. The zero-order valence-corrected chi connectivity index (χ0v) is 12.3. The van der Waals surface area contributed by atoms with Gasteiger partial charge in [-0.25, -0.2) is 4.79 Å². The largest absolute Gasteiger partial charge is 0.507 e. The molecular weight excluding hydrogens is 330 g/mol. The van der Waals surface area contributed by atoms with Gasteiger partial charge in [0.25, 0.3) is 5.91 Å². The Morgan fingerprint density at radius 2 is 2.15 bits per heavy atom. The number of benzene rings is 1. The van der Waals surface area contributed by atoms with E-state index in [9.17, 15) is 19.8 Å². The van der Waals surface area contributed by atoms with E-state index in [0.29, 0.717) is 4.47 Å². The Labute approximate surface area is 124 Å². The molecule has 1 fully saturated rings. The first-order valence-corrected chi connectivity index (χ1v) is 6.78. The lowest BCUT2D eigenvalue weighted by atomic mass is 10.1. The van der Waals surface area contributed by atoms with Crippen molar-refractivity contribution in [3.05, 3.63) is 28.2 Å². The molecule has 0 spiro atoms. The summed E-state index contributed by atoms with van der Waals surface area (Å²) in [5.74, 6) is -1.27. The van der Waals surface area contributed by atoms with Crippen LogP contribution in [0.25, 0.3) is 0 Å². The first-order valence-electron chi connectivity index (χ1n) is 5.99. The van der Waals surface area contributed by atoms with Crippen molar-refractivity contribution in [3.63, 3.8) is 0 Å². The van der Waals surface area contributed by atoms with Crippen LogP contribution in [0.15, 0.2) is 22.7 Å². The zero-order chi connectivity index (χ0) is 14.9. The number of aliphatic hydroxyl groups excluding tert-OH is 1. The molecule has 0 aromatic heterocycles. The summed E-state index contributed by atoms with van der Waals surface area (Å²) in [6, 6.07) is 3.62. The fourth-order valence-electron chi connectivity index (χ4n) is 2.23. The number of β-amino-alcohol motifs (C(OH)–C–C–N with tert-alkyl or cyclic N) is 1. The molecule has 2 unspecified atom stereocenters. The lowest BCUT2D eigenvalue weighted by Crippen LogP contribution is -2.41. The first-order chi connectivity index (χ1) is 9.43. The Balaban J connectivity index is 2.31. The Hall–Kier alpha value is -1.60. The number of ether oxygens (including phenoxy) is 1. The van der Waals surface area contributed by atoms with E-state index in [1.165, 1.54) is 24.1 Å². The van der Waals surface area contributed by atoms with E-state index in [-0.39, 0.29) is 24.3 Å². The lowest BCUT2D eigenvalue weighted by Gasteiger charge is -2.22. The normalized spacial score (nSPS) is 21.9. The van der Waals surface area contributed by atoms with Crippen molar-refractivity contribution in [3.8, 4) is 5.75 Å². The van der Waals surface area contributed by atoms with Crippen LogP contribution in [0.4, 0.5) is 0 Å². The van der Waals surface area contributed by atoms with Crippen LogP contribution in [0.5, 0.6) is 5.75 Å². The topological polar surface area (TPSA) is 87.1 Å². The van der Waals surface area contributed by atoms with Crippen LogP contribution in [0.2, 0.25) is 0 Å². The molecule has 108 valence electrons. The minimum Gasteiger partial charge on any atom is -0.507 e. The Morgan fingerprint density at radius 1 is 1.45 bits per heavy atom. The van der Waals surface area contributed by atoms with E-state index in [2.05, 4.69) is 20.7 Å². The molecule has 0 radical (unpaired) electrons. The molecule has 2 N–H and O–H groups in total. The fraction of sp³-hybridized carbons (Fsp3) is 0.385. The molecule has 1 aromatic carbocycles. The first kappa shape index (κ1) is 14.8. The van der Waals surface area contributed by atoms with Gasteiger partial charge in [0.2, 0.25) is 0 Å². The van der Waals surface area contributed by atoms with Gasteiger partial charge in [-0.15, -0.1) is 0 Å².